The Morgan fingerprint density at radius 3 is 2.05 bits per heavy atom. The lowest BCUT2D eigenvalue weighted by Gasteiger charge is -2.37. The number of rotatable bonds is 15. The van der Waals surface area contributed by atoms with Gasteiger partial charge in [0, 0.05) is 44.8 Å². The number of carbonyl (C=O) groups is 1. The summed E-state index contributed by atoms with van der Waals surface area (Å²) < 4.78 is 2.29. The monoisotopic (exact) mass is 585 g/mol. The number of aromatic nitrogens is 1. The van der Waals surface area contributed by atoms with Crippen LogP contribution in [0, 0.1) is 18.3 Å². The van der Waals surface area contributed by atoms with E-state index in [1.807, 2.05) is 19.9 Å². The van der Waals surface area contributed by atoms with Crippen molar-refractivity contribution in [2.45, 2.75) is 98.4 Å². The molecule has 0 radical (unpaired) electrons. The molecule has 0 saturated carbocycles. The average Bonchev–Trinajstić information content (AvgIpc) is 3.22. The molecule has 40 heavy (non-hydrogen) atoms. The van der Waals surface area contributed by atoms with E-state index in [9.17, 15) is 14.9 Å². The van der Waals surface area contributed by atoms with Gasteiger partial charge in [-0.05, 0) is 38.5 Å². The van der Waals surface area contributed by atoms with E-state index in [0.29, 0.717) is 27.9 Å². The molecule has 9 heteroatoms. The molecule has 0 spiro atoms. The van der Waals surface area contributed by atoms with Crippen LogP contribution < -0.4 is 10.5 Å². The van der Waals surface area contributed by atoms with E-state index in [4.69, 9.17) is 12.2 Å². The summed E-state index contributed by atoms with van der Waals surface area (Å²) in [5.74, 6) is 0.736. The molecule has 1 aromatic heterocycles. The number of piperazine rings is 1. The minimum Gasteiger partial charge on any atom is -0.355 e. The van der Waals surface area contributed by atoms with E-state index in [1.54, 1.807) is 9.47 Å². The van der Waals surface area contributed by atoms with Crippen molar-refractivity contribution in [1.29, 1.82) is 5.26 Å². The van der Waals surface area contributed by atoms with Gasteiger partial charge in [-0.2, -0.15) is 5.26 Å². The topological polar surface area (TPSA) is 72.6 Å². The van der Waals surface area contributed by atoms with E-state index in [1.165, 1.54) is 63.1 Å². The predicted molar refractivity (Wildman–Crippen MR) is 172 cm³/mol. The normalized spacial score (nSPS) is 17.3. The summed E-state index contributed by atoms with van der Waals surface area (Å²) in [5, 5.41) is 9.83. The standard InChI is InChI=1S/C31H47N5O2S2/c1-5-8-9-10-11-12-13-14-15-16-17-36-30(38)27(40-31(36)39)22-25-24(4)26(23-32)29(37)35(7-3)28(25)34-20-18-33(6-2)19-21-34/h22H,5-21H2,1-4H3. The van der Waals surface area contributed by atoms with Crippen LogP contribution in [0.1, 0.15) is 102 Å². The van der Waals surface area contributed by atoms with E-state index in [2.05, 4.69) is 29.7 Å². The molecule has 3 rings (SSSR count). The number of thioether (sulfide) groups is 1. The number of unbranched alkanes of at least 4 members (excludes halogenated alkanes) is 9. The van der Waals surface area contributed by atoms with E-state index < -0.39 is 0 Å². The fourth-order valence-corrected chi connectivity index (χ4v) is 6.93. The zero-order valence-electron chi connectivity index (χ0n) is 25.0. The third-order valence-corrected chi connectivity index (χ3v) is 9.54. The van der Waals surface area contributed by atoms with Gasteiger partial charge in [-0.3, -0.25) is 19.1 Å². The lowest BCUT2D eigenvalue weighted by molar-refractivity contribution is -0.122. The fraction of sp³-hybridized carbons (Fsp3) is 0.677. The molecule has 2 aliphatic rings. The Labute approximate surface area is 250 Å². The number of nitriles is 1. The molecule has 0 unspecified atom stereocenters. The summed E-state index contributed by atoms with van der Waals surface area (Å²) in [4.78, 5) is 33.6. The van der Waals surface area contributed by atoms with Gasteiger partial charge in [-0.15, -0.1) is 0 Å². The van der Waals surface area contributed by atoms with E-state index >= 15 is 0 Å². The van der Waals surface area contributed by atoms with Crippen LogP contribution in [0.3, 0.4) is 0 Å². The summed E-state index contributed by atoms with van der Waals surface area (Å²) >= 11 is 6.95. The maximum Gasteiger partial charge on any atom is 0.270 e. The number of pyridine rings is 1. The van der Waals surface area contributed by atoms with Gasteiger partial charge >= 0.3 is 0 Å². The van der Waals surface area contributed by atoms with Crippen LogP contribution in [-0.2, 0) is 11.3 Å². The number of hydrogen-bond donors (Lipinski definition) is 0. The first-order valence-electron chi connectivity index (χ1n) is 15.3. The molecule has 1 aromatic rings. The van der Waals surface area contributed by atoms with Gasteiger partial charge in [0.25, 0.3) is 11.5 Å². The Balaban J connectivity index is 1.73. The molecule has 0 N–H and O–H groups in total. The Bertz CT molecular complexity index is 1160. The summed E-state index contributed by atoms with van der Waals surface area (Å²) in [7, 11) is 0. The average molecular weight is 586 g/mol. The molecule has 0 aliphatic carbocycles. The number of hydrogen-bond acceptors (Lipinski definition) is 7. The zero-order chi connectivity index (χ0) is 29.1. The molecule has 2 saturated heterocycles. The SMILES string of the molecule is CCCCCCCCCCCCN1C(=O)C(=Cc2c(C)c(C#N)c(=O)n(CC)c2N2CCN(CC)CC2)SC1=S. The highest BCUT2D eigenvalue weighted by atomic mass is 32.2. The summed E-state index contributed by atoms with van der Waals surface area (Å²) in [6, 6.07) is 2.12. The van der Waals surface area contributed by atoms with Crippen molar-refractivity contribution in [2.24, 2.45) is 0 Å². The molecule has 0 atom stereocenters. The zero-order valence-corrected chi connectivity index (χ0v) is 26.6. The quantitative estimate of drug-likeness (QED) is 0.136. The molecule has 7 nitrogen and oxygen atoms in total. The number of likely N-dealkylation sites (N-methyl/N-ethyl adjacent to an activating group) is 1. The van der Waals surface area contributed by atoms with Crippen LogP contribution in [-0.4, -0.2) is 63.9 Å². The number of amides is 1. The lowest BCUT2D eigenvalue weighted by atomic mass is 10.0. The van der Waals surface area contributed by atoms with Crippen LogP contribution in [0.5, 0.6) is 0 Å². The van der Waals surface area contributed by atoms with Gasteiger partial charge in [0.15, 0.2) is 0 Å². The van der Waals surface area contributed by atoms with Crippen LogP contribution in [0.2, 0.25) is 0 Å². The van der Waals surface area contributed by atoms with Crippen molar-refractivity contribution >= 4 is 46.1 Å². The highest BCUT2D eigenvalue weighted by molar-refractivity contribution is 8.26. The fourth-order valence-electron chi connectivity index (χ4n) is 5.64. The van der Waals surface area contributed by atoms with Crippen molar-refractivity contribution in [3.8, 4) is 6.07 Å². The number of nitrogens with zero attached hydrogens (tertiary/aromatic N) is 5. The predicted octanol–water partition coefficient (Wildman–Crippen LogP) is 6.31. The molecule has 220 valence electrons. The van der Waals surface area contributed by atoms with Crippen LogP contribution in [0.25, 0.3) is 6.08 Å². The third kappa shape index (κ3) is 7.98. The molecule has 0 bridgehead atoms. The highest BCUT2D eigenvalue weighted by Crippen LogP contribution is 2.36. The maximum atomic E-state index is 13.5. The molecular formula is C31H47N5O2S2. The highest BCUT2D eigenvalue weighted by Gasteiger charge is 2.33. The first-order valence-corrected chi connectivity index (χ1v) is 16.5. The van der Waals surface area contributed by atoms with Gasteiger partial charge in [0.05, 0.1) is 4.91 Å². The summed E-state index contributed by atoms with van der Waals surface area (Å²) in [6.45, 7) is 13.7. The van der Waals surface area contributed by atoms with Crippen molar-refractivity contribution in [2.75, 3.05) is 44.2 Å². The largest absolute Gasteiger partial charge is 0.355 e. The van der Waals surface area contributed by atoms with Crippen LogP contribution >= 0.6 is 24.0 Å². The van der Waals surface area contributed by atoms with Gasteiger partial charge in [0.1, 0.15) is 21.8 Å². The van der Waals surface area contributed by atoms with Crippen molar-refractivity contribution in [3.05, 3.63) is 31.9 Å². The molecule has 1 amide bonds. The van der Waals surface area contributed by atoms with Crippen LogP contribution in [0.4, 0.5) is 5.82 Å². The Kier molecular flexibility index (Phi) is 13.2. The second-order valence-corrected chi connectivity index (χ2v) is 12.5. The Hall–Kier alpha value is -2.15. The Morgan fingerprint density at radius 1 is 0.900 bits per heavy atom. The number of thiocarbonyl (C=S) groups is 1. The minimum absolute atomic E-state index is 0.0696. The van der Waals surface area contributed by atoms with Gasteiger partial charge in [0.2, 0.25) is 0 Å². The van der Waals surface area contributed by atoms with Gasteiger partial charge < -0.3 is 9.80 Å². The first-order chi connectivity index (χ1) is 19.4. The van der Waals surface area contributed by atoms with Gasteiger partial charge in [-0.1, -0.05) is 95.6 Å². The molecular weight excluding hydrogens is 539 g/mol. The molecule has 3 heterocycles. The van der Waals surface area contributed by atoms with Gasteiger partial charge in [-0.25, -0.2) is 0 Å². The lowest BCUT2D eigenvalue weighted by Crippen LogP contribution is -2.48. The maximum absolute atomic E-state index is 13.5. The van der Waals surface area contributed by atoms with Crippen LogP contribution in [0.15, 0.2) is 9.70 Å². The van der Waals surface area contributed by atoms with E-state index in [0.717, 1.165) is 56.9 Å². The first kappa shape index (κ1) is 32.4. The number of anilines is 1. The Morgan fingerprint density at radius 2 is 1.50 bits per heavy atom. The molecule has 0 aromatic carbocycles. The summed E-state index contributed by atoms with van der Waals surface area (Å²) in [5.41, 5.74) is 1.29. The van der Waals surface area contributed by atoms with E-state index in [-0.39, 0.29) is 17.0 Å². The third-order valence-electron chi connectivity index (χ3n) is 8.17. The second-order valence-electron chi connectivity index (χ2n) is 10.8. The number of carbonyl (C=O) groups excluding carboxylic acids is 1. The molecule has 2 aliphatic heterocycles. The van der Waals surface area contributed by atoms with Crippen molar-refractivity contribution < 1.29 is 4.79 Å². The second kappa shape index (κ2) is 16.3. The van der Waals surface area contributed by atoms with Crippen molar-refractivity contribution in [1.82, 2.24) is 14.4 Å². The van der Waals surface area contributed by atoms with Crippen molar-refractivity contribution in [3.63, 3.8) is 0 Å². The molecule has 2 fully saturated rings. The summed E-state index contributed by atoms with van der Waals surface area (Å²) in [6.07, 6.45) is 14.3. The minimum atomic E-state index is -0.263. The smallest absolute Gasteiger partial charge is 0.270 e.